The summed E-state index contributed by atoms with van der Waals surface area (Å²) < 4.78 is 12.2. The van der Waals surface area contributed by atoms with Gasteiger partial charge < -0.3 is 4.90 Å². The second-order valence-electron chi connectivity index (χ2n) is 23.2. The molecule has 0 aliphatic carbocycles. The van der Waals surface area contributed by atoms with Crippen molar-refractivity contribution in [2.75, 3.05) is 9.80 Å². The molecular weight excluding hydrogens is 1070 g/mol. The van der Waals surface area contributed by atoms with Gasteiger partial charge in [0.25, 0.3) is 0 Å². The van der Waals surface area contributed by atoms with Crippen LogP contribution < -0.4 is 18.9 Å². The first-order valence-electron chi connectivity index (χ1n) is 23.1. The van der Waals surface area contributed by atoms with E-state index in [-0.39, 0.29) is 44.6 Å². The molecule has 0 saturated carbocycles. The van der Waals surface area contributed by atoms with E-state index in [9.17, 15) is 0 Å². The number of ether oxygens (including phenoxy) is 1. The van der Waals surface area contributed by atoms with E-state index in [2.05, 4.69) is 240 Å². The molecule has 0 atom stereocenters. The van der Waals surface area contributed by atoms with Crippen LogP contribution in [0.25, 0.3) is 37.2 Å². The molecule has 0 spiro atoms. The zero-order chi connectivity index (χ0) is 46.6. The van der Waals surface area contributed by atoms with Crippen molar-refractivity contribution in [1.82, 2.24) is 9.55 Å². The standard InChI is InChI=1S/C58H65GeN4OS.Pt/c1-54(2,3)38-31-39(55(4,5)6)33-42(32-38)62-37-61(49-24-17-18-25-50(49)62)41-21-20-22-43(35-41)64-44-28-29-45-46-34-40(59(56(7,8)9,57(10,11)12)58(13,14)15)27-30-48(46)63(51(45)36-44)53-60-47-23-16-19-26-52(47)65-53;/h16-34,37H,1-15H3;/q-3;. The summed E-state index contributed by atoms with van der Waals surface area (Å²) in [7, 11) is 0. The zero-order valence-electron chi connectivity index (χ0n) is 41.5. The van der Waals surface area contributed by atoms with Crippen molar-refractivity contribution >= 4 is 83.8 Å². The number of nitrogens with zero attached hydrogens (tertiary/aromatic N) is 4. The molecule has 0 N–H and O–H groups in total. The van der Waals surface area contributed by atoms with Crippen LogP contribution in [0.2, 0.25) is 12.7 Å². The molecule has 346 valence electrons. The number of para-hydroxylation sites is 3. The molecule has 0 fully saturated rings. The Kier molecular flexibility index (Phi) is 12.2. The van der Waals surface area contributed by atoms with E-state index in [1.807, 2.05) is 12.1 Å². The topological polar surface area (TPSA) is 33.5 Å². The Labute approximate surface area is 415 Å². The van der Waals surface area contributed by atoms with Crippen molar-refractivity contribution in [1.29, 1.82) is 0 Å². The molecule has 0 radical (unpaired) electrons. The number of fused-ring (bicyclic) bond motifs is 5. The molecule has 8 aromatic rings. The molecule has 9 rings (SSSR count). The van der Waals surface area contributed by atoms with Crippen LogP contribution in [0, 0.1) is 18.8 Å². The fourth-order valence-corrected chi connectivity index (χ4v) is 34.0. The van der Waals surface area contributed by atoms with Gasteiger partial charge in [0.05, 0.1) is 0 Å². The van der Waals surface area contributed by atoms with Crippen LogP contribution >= 0.6 is 11.3 Å². The first-order valence-corrected chi connectivity index (χ1v) is 28.1. The predicted octanol–water partition coefficient (Wildman–Crippen LogP) is 16.8. The molecule has 8 heteroatoms. The number of anilines is 4. The summed E-state index contributed by atoms with van der Waals surface area (Å²) >= 11 is -1.32. The molecule has 0 bridgehead atoms. The Balaban J connectivity index is 0.00000592. The van der Waals surface area contributed by atoms with Crippen molar-refractivity contribution in [3.05, 3.63) is 145 Å². The van der Waals surface area contributed by atoms with Crippen LogP contribution in [0.1, 0.15) is 115 Å². The van der Waals surface area contributed by atoms with Gasteiger partial charge in [0, 0.05) is 38.1 Å². The van der Waals surface area contributed by atoms with E-state index < -0.39 is 13.3 Å². The normalized spacial score (nSPS) is 14.0. The molecule has 0 saturated heterocycles. The number of rotatable bonds is 6. The van der Waals surface area contributed by atoms with Gasteiger partial charge in [-0.15, -0.1) is 6.67 Å². The fourth-order valence-electron chi connectivity index (χ4n) is 11.9. The average molecular weight is 1130 g/mol. The van der Waals surface area contributed by atoms with Gasteiger partial charge in [-0.1, -0.05) is 59.7 Å². The van der Waals surface area contributed by atoms with Gasteiger partial charge in [-0.05, 0) is 46.2 Å². The molecule has 0 amide bonds. The minimum atomic E-state index is -3.04. The molecule has 6 aromatic carbocycles. The third-order valence-corrected chi connectivity index (χ3v) is 31.4. The van der Waals surface area contributed by atoms with Crippen molar-refractivity contribution in [3.8, 4) is 16.6 Å². The summed E-state index contributed by atoms with van der Waals surface area (Å²) in [6.07, 6.45) is 0. The van der Waals surface area contributed by atoms with Gasteiger partial charge >= 0.3 is 263 Å². The third-order valence-electron chi connectivity index (χ3n) is 13.7. The van der Waals surface area contributed by atoms with E-state index in [4.69, 9.17) is 9.72 Å². The first kappa shape index (κ1) is 48.1. The first-order chi connectivity index (χ1) is 30.4. The van der Waals surface area contributed by atoms with E-state index >= 15 is 0 Å². The van der Waals surface area contributed by atoms with Gasteiger partial charge in [0.2, 0.25) is 0 Å². The summed E-state index contributed by atoms with van der Waals surface area (Å²) in [6, 6.07) is 49.3. The van der Waals surface area contributed by atoms with Crippen molar-refractivity contribution < 1.29 is 25.8 Å². The monoisotopic (exact) mass is 1130 g/mol. The Hall–Kier alpha value is -4.36. The summed E-state index contributed by atoms with van der Waals surface area (Å²) in [5.41, 5.74) is 9.96. The molecule has 3 heterocycles. The van der Waals surface area contributed by atoms with E-state index in [1.54, 1.807) is 11.3 Å². The van der Waals surface area contributed by atoms with Crippen molar-refractivity contribution in [2.24, 2.45) is 0 Å². The van der Waals surface area contributed by atoms with Crippen LogP contribution in [-0.4, -0.2) is 22.8 Å². The smallest absolute Gasteiger partial charge is 0.0601 e. The molecule has 66 heavy (non-hydrogen) atoms. The number of aromatic nitrogens is 2. The molecule has 2 aromatic heterocycles. The van der Waals surface area contributed by atoms with Gasteiger partial charge in [-0.25, -0.2) is 0 Å². The van der Waals surface area contributed by atoms with E-state index in [1.165, 1.54) is 20.9 Å². The Morgan fingerprint density at radius 2 is 1.17 bits per heavy atom. The van der Waals surface area contributed by atoms with Crippen molar-refractivity contribution in [2.45, 2.75) is 127 Å². The number of thiazole rings is 1. The second kappa shape index (κ2) is 16.7. The van der Waals surface area contributed by atoms with E-state index in [0.717, 1.165) is 54.5 Å². The van der Waals surface area contributed by atoms with Gasteiger partial charge in [-0.3, -0.25) is 0 Å². The Bertz CT molecular complexity index is 3010. The SMILES string of the molecule is CC(C)(C)c1cc(N2[CH-]N(c3[c-]c(Oc4[c-]c5c(cc4)c4c[c]([Ge]([C](C)(C)C)([C](C)(C)C)[C](C)(C)C)ccc4n5-c4nc5ccccc5s4)ccc3)c3ccccc32)cc(C(C)(C)C)c1.[Pt]. The summed E-state index contributed by atoms with van der Waals surface area (Å²) in [5, 5.41) is 3.30. The van der Waals surface area contributed by atoms with Crippen molar-refractivity contribution in [3.63, 3.8) is 0 Å². The van der Waals surface area contributed by atoms with Gasteiger partial charge in [-0.2, -0.15) is 0 Å². The average Bonchev–Trinajstić information content (AvgIpc) is 3.90. The maximum absolute atomic E-state index is 6.76. The van der Waals surface area contributed by atoms with Gasteiger partial charge in [0.1, 0.15) is 0 Å². The number of hydrogen-bond acceptors (Lipinski definition) is 5. The zero-order valence-corrected chi connectivity index (χ0v) is 46.7. The second-order valence-corrected chi connectivity index (χ2v) is 38.0. The van der Waals surface area contributed by atoms with Crippen LogP contribution in [0.4, 0.5) is 22.7 Å². The van der Waals surface area contributed by atoms with Crippen LogP contribution in [0.5, 0.6) is 11.5 Å². The fraction of sp³-hybridized carbons (Fsp3) is 0.345. The van der Waals surface area contributed by atoms with E-state index in [0.29, 0.717) is 11.5 Å². The Morgan fingerprint density at radius 1 is 0.576 bits per heavy atom. The van der Waals surface area contributed by atoms with Crippen LogP contribution in [0.3, 0.4) is 0 Å². The maximum atomic E-state index is 6.76. The molecule has 1 aliphatic heterocycles. The number of hydrogen-bond donors (Lipinski definition) is 0. The molecule has 0 unspecified atom stereocenters. The summed E-state index contributed by atoms with van der Waals surface area (Å²) in [5.74, 6) is 1.25. The molecule has 5 nitrogen and oxygen atoms in total. The Morgan fingerprint density at radius 3 is 1.77 bits per heavy atom. The third kappa shape index (κ3) is 8.15. The predicted molar refractivity (Wildman–Crippen MR) is 282 cm³/mol. The quantitative estimate of drug-likeness (QED) is 0.123. The summed E-state index contributed by atoms with van der Waals surface area (Å²) in [4.78, 5) is 9.74. The number of benzene rings is 6. The van der Waals surface area contributed by atoms with Crippen LogP contribution in [-0.2, 0) is 31.9 Å². The van der Waals surface area contributed by atoms with Crippen LogP contribution in [0.15, 0.2) is 115 Å². The minimum absolute atomic E-state index is 0. The molecular formula is C58H65GeN4OPtS-3. The minimum Gasteiger partial charge on any atom is -0.0601 e. The summed E-state index contributed by atoms with van der Waals surface area (Å²) in [6.45, 7) is 38.4. The van der Waals surface area contributed by atoms with Gasteiger partial charge in [0.15, 0.2) is 0 Å². The molecule has 1 aliphatic rings.